The standard InChI is InChI=1S/C24H19N3O3S/c1-15-23(28)26(24(31-15)17-11-13-18(14-12-17)27(29)30)22-19-9-5-6-10-20(19)25-21(22)16-7-3-2-4-8-16/h2-15,24-25H,1H3. The molecule has 1 aliphatic rings. The molecular formula is C24H19N3O3S. The molecule has 7 heteroatoms. The molecule has 0 spiro atoms. The zero-order chi connectivity index (χ0) is 21.5. The molecule has 3 aromatic carbocycles. The van der Waals surface area contributed by atoms with E-state index in [9.17, 15) is 14.9 Å². The van der Waals surface area contributed by atoms with Gasteiger partial charge in [-0.2, -0.15) is 0 Å². The van der Waals surface area contributed by atoms with E-state index >= 15 is 0 Å². The van der Waals surface area contributed by atoms with Crippen molar-refractivity contribution in [2.75, 3.05) is 4.90 Å². The van der Waals surface area contributed by atoms with Crippen LogP contribution in [0.5, 0.6) is 0 Å². The van der Waals surface area contributed by atoms with Crippen molar-refractivity contribution in [3.63, 3.8) is 0 Å². The van der Waals surface area contributed by atoms with Gasteiger partial charge in [0.25, 0.3) is 5.69 Å². The second-order valence-electron chi connectivity index (χ2n) is 7.45. The number of non-ortho nitro benzene ring substituents is 1. The van der Waals surface area contributed by atoms with Crippen LogP contribution in [0.3, 0.4) is 0 Å². The molecule has 0 saturated carbocycles. The van der Waals surface area contributed by atoms with Gasteiger partial charge in [-0.25, -0.2) is 0 Å². The van der Waals surface area contributed by atoms with Crippen molar-refractivity contribution < 1.29 is 9.72 Å². The quantitative estimate of drug-likeness (QED) is 0.323. The first-order valence-corrected chi connectivity index (χ1v) is 10.9. The number of fused-ring (bicyclic) bond motifs is 1. The lowest BCUT2D eigenvalue weighted by molar-refractivity contribution is -0.384. The van der Waals surface area contributed by atoms with Crippen molar-refractivity contribution >= 4 is 39.9 Å². The second kappa shape index (κ2) is 7.59. The molecule has 31 heavy (non-hydrogen) atoms. The third-order valence-corrected chi connectivity index (χ3v) is 6.87. The molecule has 0 radical (unpaired) electrons. The lowest BCUT2D eigenvalue weighted by Gasteiger charge is -2.25. The largest absolute Gasteiger partial charge is 0.353 e. The molecular weight excluding hydrogens is 410 g/mol. The highest BCUT2D eigenvalue weighted by atomic mass is 32.2. The molecule has 4 aromatic rings. The van der Waals surface area contributed by atoms with Crippen LogP contribution in [0.25, 0.3) is 22.2 Å². The summed E-state index contributed by atoms with van der Waals surface area (Å²) in [5, 5.41) is 11.5. The Kier molecular flexibility index (Phi) is 4.75. The smallest absolute Gasteiger partial charge is 0.269 e. The minimum atomic E-state index is -0.412. The van der Waals surface area contributed by atoms with Gasteiger partial charge in [0, 0.05) is 28.6 Å². The monoisotopic (exact) mass is 429 g/mol. The van der Waals surface area contributed by atoms with Crippen LogP contribution in [-0.4, -0.2) is 21.1 Å². The number of nitro benzene ring substituents is 1. The van der Waals surface area contributed by atoms with Crippen molar-refractivity contribution in [3.8, 4) is 11.3 Å². The highest BCUT2D eigenvalue weighted by molar-refractivity contribution is 8.01. The fourth-order valence-corrected chi connectivity index (χ4v) is 5.29. The van der Waals surface area contributed by atoms with E-state index in [1.165, 1.54) is 12.1 Å². The van der Waals surface area contributed by atoms with Crippen molar-refractivity contribution in [1.29, 1.82) is 0 Å². The van der Waals surface area contributed by atoms with Gasteiger partial charge < -0.3 is 4.98 Å². The summed E-state index contributed by atoms with van der Waals surface area (Å²) < 4.78 is 0. The van der Waals surface area contributed by atoms with Crippen molar-refractivity contribution in [2.45, 2.75) is 17.5 Å². The van der Waals surface area contributed by atoms with E-state index in [1.807, 2.05) is 66.4 Å². The van der Waals surface area contributed by atoms with Gasteiger partial charge in [-0.05, 0) is 30.7 Å². The number of benzene rings is 3. The van der Waals surface area contributed by atoms with Crippen LogP contribution in [0, 0.1) is 10.1 Å². The lowest BCUT2D eigenvalue weighted by atomic mass is 10.1. The average Bonchev–Trinajstić information content (AvgIpc) is 3.31. The number of amides is 1. The summed E-state index contributed by atoms with van der Waals surface area (Å²) in [5.74, 6) is 0.0234. The SMILES string of the molecule is CC1SC(c2ccc([N+](=O)[O-])cc2)N(c2c(-c3ccccc3)[nH]c3ccccc23)C1=O. The molecule has 2 atom stereocenters. The van der Waals surface area contributed by atoms with Crippen LogP contribution >= 0.6 is 11.8 Å². The second-order valence-corrected chi connectivity index (χ2v) is 8.87. The van der Waals surface area contributed by atoms with Gasteiger partial charge in [0.2, 0.25) is 5.91 Å². The zero-order valence-corrected chi connectivity index (χ0v) is 17.5. The van der Waals surface area contributed by atoms with Crippen molar-refractivity contribution in [1.82, 2.24) is 4.98 Å². The molecule has 2 heterocycles. The third-order valence-electron chi connectivity index (χ3n) is 5.52. The van der Waals surface area contributed by atoms with Gasteiger partial charge in [-0.15, -0.1) is 11.8 Å². The maximum atomic E-state index is 13.4. The van der Waals surface area contributed by atoms with E-state index in [2.05, 4.69) is 4.98 Å². The topological polar surface area (TPSA) is 79.2 Å². The minimum absolute atomic E-state index is 0.0234. The van der Waals surface area contributed by atoms with E-state index in [0.29, 0.717) is 0 Å². The lowest BCUT2D eigenvalue weighted by Crippen LogP contribution is -2.30. The molecule has 154 valence electrons. The number of thioether (sulfide) groups is 1. The maximum absolute atomic E-state index is 13.4. The molecule has 1 aliphatic heterocycles. The Morgan fingerprint density at radius 3 is 2.35 bits per heavy atom. The highest BCUT2D eigenvalue weighted by Crippen LogP contribution is 2.50. The number of nitrogens with zero attached hydrogens (tertiary/aromatic N) is 2. The van der Waals surface area contributed by atoms with Gasteiger partial charge in [0.1, 0.15) is 5.37 Å². The van der Waals surface area contributed by atoms with E-state index < -0.39 is 4.92 Å². The predicted octanol–water partition coefficient (Wildman–Crippen LogP) is 5.91. The Morgan fingerprint density at radius 1 is 0.968 bits per heavy atom. The number of hydrogen-bond donors (Lipinski definition) is 1. The fourth-order valence-electron chi connectivity index (χ4n) is 4.03. The Labute approximate surface area is 183 Å². The fraction of sp³-hybridized carbons (Fsp3) is 0.125. The molecule has 1 amide bonds. The molecule has 1 aromatic heterocycles. The van der Waals surface area contributed by atoms with E-state index in [0.717, 1.165) is 33.4 Å². The predicted molar refractivity (Wildman–Crippen MR) is 124 cm³/mol. The van der Waals surface area contributed by atoms with Crippen LogP contribution < -0.4 is 4.90 Å². The number of rotatable bonds is 4. The summed E-state index contributed by atoms with van der Waals surface area (Å²) in [7, 11) is 0. The Morgan fingerprint density at radius 2 is 1.65 bits per heavy atom. The molecule has 0 aliphatic carbocycles. The maximum Gasteiger partial charge on any atom is 0.269 e. The highest BCUT2D eigenvalue weighted by Gasteiger charge is 2.41. The van der Waals surface area contributed by atoms with Crippen LogP contribution in [0.15, 0.2) is 78.9 Å². The summed E-state index contributed by atoms with van der Waals surface area (Å²) in [6, 6.07) is 24.4. The van der Waals surface area contributed by atoms with Gasteiger partial charge >= 0.3 is 0 Å². The van der Waals surface area contributed by atoms with Gasteiger partial charge in [-0.3, -0.25) is 19.8 Å². The summed E-state index contributed by atoms with van der Waals surface area (Å²) in [4.78, 5) is 29.4. The Bertz CT molecular complexity index is 1280. The van der Waals surface area contributed by atoms with Crippen molar-refractivity contribution in [3.05, 3.63) is 94.5 Å². The number of para-hydroxylation sites is 1. The van der Waals surface area contributed by atoms with Crippen molar-refractivity contribution in [2.24, 2.45) is 0 Å². The van der Waals surface area contributed by atoms with Gasteiger partial charge in [0.15, 0.2) is 0 Å². The number of nitrogens with one attached hydrogen (secondary N) is 1. The van der Waals surface area contributed by atoms with Crippen LogP contribution in [0.1, 0.15) is 17.9 Å². The van der Waals surface area contributed by atoms with E-state index in [-0.39, 0.29) is 22.2 Å². The molecule has 0 bridgehead atoms. The normalized spacial score (nSPS) is 18.6. The summed E-state index contributed by atoms with van der Waals surface area (Å²) in [6.45, 7) is 1.91. The average molecular weight is 430 g/mol. The first-order chi connectivity index (χ1) is 15.0. The first kappa shape index (κ1) is 19.4. The van der Waals surface area contributed by atoms with E-state index in [1.54, 1.807) is 23.9 Å². The number of hydrogen-bond acceptors (Lipinski definition) is 4. The molecule has 5 rings (SSSR count). The van der Waals surface area contributed by atoms with Gasteiger partial charge in [0.05, 0.1) is 21.6 Å². The summed E-state index contributed by atoms with van der Waals surface area (Å²) >= 11 is 1.55. The molecule has 1 fully saturated rings. The number of H-pyrrole nitrogens is 1. The zero-order valence-electron chi connectivity index (χ0n) is 16.7. The number of nitro groups is 1. The molecule has 1 saturated heterocycles. The van der Waals surface area contributed by atoms with Crippen LogP contribution in [0.4, 0.5) is 11.4 Å². The summed E-state index contributed by atoms with van der Waals surface area (Å²) in [5.41, 5.74) is 4.57. The number of aromatic amines is 1. The number of aromatic nitrogens is 1. The number of anilines is 1. The first-order valence-electron chi connectivity index (χ1n) is 9.93. The van der Waals surface area contributed by atoms with Crippen LogP contribution in [-0.2, 0) is 4.79 Å². The number of carbonyl (C=O) groups is 1. The van der Waals surface area contributed by atoms with Crippen LogP contribution in [0.2, 0.25) is 0 Å². The van der Waals surface area contributed by atoms with E-state index in [4.69, 9.17) is 0 Å². The molecule has 1 N–H and O–H groups in total. The summed E-state index contributed by atoms with van der Waals surface area (Å²) in [6.07, 6.45) is 0. The third kappa shape index (κ3) is 3.27. The molecule has 2 unspecified atom stereocenters. The Balaban J connectivity index is 1.70. The molecule has 6 nitrogen and oxygen atoms in total. The Hall–Kier alpha value is -3.58. The van der Waals surface area contributed by atoms with Gasteiger partial charge in [-0.1, -0.05) is 48.5 Å². The minimum Gasteiger partial charge on any atom is -0.353 e. The number of carbonyl (C=O) groups excluding carboxylic acids is 1.